The fraction of sp³-hybridized carbons (Fsp3) is 0.429. The molecule has 1 fully saturated rings. The minimum atomic E-state index is -5.05. The molecule has 2 aromatic carbocycles. The lowest BCUT2D eigenvalue weighted by molar-refractivity contribution is -0.139. The van der Waals surface area contributed by atoms with Gasteiger partial charge in [0.15, 0.2) is 18.1 Å². The standard InChI is InChI=1S/C28H36N3O11P/c1-17(32)31-22(12-19-7-10-24(41-16-26(33)34)25(13-19)42-43(37,38)39)28(36)30-14-20-8-9-23(21(11-20)27(29)35)40-15-18-5-3-2-4-6-18/h7-11,13,18,22H,2-6,12,14-16H2,1H3,(H2,29,35)(H,30,36)(H,31,32)(H,33,34)(H2,37,38,39)/t22-/m0/s1. The van der Waals surface area contributed by atoms with E-state index >= 15 is 0 Å². The molecule has 0 aromatic heterocycles. The van der Waals surface area contributed by atoms with Gasteiger partial charge in [-0.25, -0.2) is 9.36 Å². The van der Waals surface area contributed by atoms with Gasteiger partial charge < -0.3 is 35.5 Å². The van der Waals surface area contributed by atoms with Gasteiger partial charge in [-0.2, -0.15) is 0 Å². The molecule has 0 bridgehead atoms. The van der Waals surface area contributed by atoms with Gasteiger partial charge in [0.05, 0.1) is 12.2 Å². The van der Waals surface area contributed by atoms with Crippen LogP contribution in [0.25, 0.3) is 0 Å². The Labute approximate surface area is 248 Å². The Balaban J connectivity index is 1.71. The maximum Gasteiger partial charge on any atom is 0.524 e. The first-order valence-corrected chi connectivity index (χ1v) is 15.2. The fourth-order valence-electron chi connectivity index (χ4n) is 4.71. The van der Waals surface area contributed by atoms with Crippen LogP contribution in [0.2, 0.25) is 0 Å². The Morgan fingerprint density at radius 3 is 2.28 bits per heavy atom. The summed E-state index contributed by atoms with van der Waals surface area (Å²) in [6, 6.07) is 7.58. The molecule has 3 rings (SSSR count). The molecule has 2 aromatic rings. The van der Waals surface area contributed by atoms with Gasteiger partial charge in [0, 0.05) is 19.9 Å². The molecule has 3 amide bonds. The number of carbonyl (C=O) groups excluding carboxylic acids is 3. The normalized spacial score (nSPS) is 14.3. The largest absolute Gasteiger partial charge is 0.524 e. The number of benzene rings is 2. The zero-order valence-corrected chi connectivity index (χ0v) is 24.5. The van der Waals surface area contributed by atoms with Crippen molar-refractivity contribution in [2.24, 2.45) is 11.7 Å². The van der Waals surface area contributed by atoms with Crippen LogP contribution in [0.15, 0.2) is 36.4 Å². The smallest absolute Gasteiger partial charge is 0.492 e. The van der Waals surface area contributed by atoms with Crippen LogP contribution in [-0.4, -0.2) is 57.8 Å². The molecule has 0 saturated heterocycles. The molecule has 234 valence electrons. The van der Waals surface area contributed by atoms with Crippen molar-refractivity contribution < 1.29 is 52.6 Å². The van der Waals surface area contributed by atoms with Gasteiger partial charge in [0.2, 0.25) is 11.8 Å². The highest BCUT2D eigenvalue weighted by atomic mass is 31.2. The zero-order valence-electron chi connectivity index (χ0n) is 23.6. The highest BCUT2D eigenvalue weighted by molar-refractivity contribution is 7.46. The third-order valence-corrected chi connectivity index (χ3v) is 7.12. The molecule has 0 heterocycles. The first-order chi connectivity index (χ1) is 20.3. The van der Waals surface area contributed by atoms with Gasteiger partial charge in [0.25, 0.3) is 5.91 Å². The van der Waals surface area contributed by atoms with E-state index < -0.39 is 49.9 Å². The number of primary amides is 1. The molecule has 15 heteroatoms. The Morgan fingerprint density at radius 2 is 1.65 bits per heavy atom. The fourth-order valence-corrected chi connectivity index (χ4v) is 5.11. The molecule has 0 aliphatic heterocycles. The number of aliphatic carboxylic acids is 1. The number of phosphoric acid groups is 1. The summed E-state index contributed by atoms with van der Waals surface area (Å²) in [5.74, 6) is -2.99. The monoisotopic (exact) mass is 621 g/mol. The molecular weight excluding hydrogens is 585 g/mol. The summed E-state index contributed by atoms with van der Waals surface area (Å²) >= 11 is 0. The number of nitrogens with two attached hydrogens (primary N) is 1. The van der Waals surface area contributed by atoms with Crippen molar-refractivity contribution >= 4 is 31.5 Å². The molecule has 0 radical (unpaired) electrons. The Hall–Kier alpha value is -4.13. The second kappa shape index (κ2) is 15.4. The van der Waals surface area contributed by atoms with Gasteiger partial charge in [-0.3, -0.25) is 24.2 Å². The molecule has 14 nitrogen and oxygen atoms in total. The van der Waals surface area contributed by atoms with Crippen molar-refractivity contribution in [3.63, 3.8) is 0 Å². The SMILES string of the molecule is CC(=O)N[C@@H](Cc1ccc(OCC(=O)O)c(OP(=O)(O)O)c1)C(=O)NCc1ccc(OCC2CCCCC2)c(C(N)=O)c1. The van der Waals surface area contributed by atoms with Crippen molar-refractivity contribution in [3.05, 3.63) is 53.1 Å². The molecule has 7 N–H and O–H groups in total. The second-order valence-corrected chi connectivity index (χ2v) is 11.4. The van der Waals surface area contributed by atoms with Gasteiger partial charge in [-0.15, -0.1) is 0 Å². The van der Waals surface area contributed by atoms with Crippen LogP contribution in [-0.2, 0) is 31.9 Å². The Morgan fingerprint density at radius 1 is 0.977 bits per heavy atom. The van der Waals surface area contributed by atoms with E-state index in [0.717, 1.165) is 25.7 Å². The number of phosphoric ester groups is 1. The third kappa shape index (κ3) is 11.2. The number of nitrogens with one attached hydrogen (secondary N) is 2. The van der Waals surface area contributed by atoms with Crippen molar-refractivity contribution in [3.8, 4) is 17.2 Å². The molecular formula is C28H36N3O11P. The predicted octanol–water partition coefficient (Wildman–Crippen LogP) is 2.04. The van der Waals surface area contributed by atoms with E-state index in [4.69, 9.17) is 20.3 Å². The van der Waals surface area contributed by atoms with E-state index in [1.54, 1.807) is 12.1 Å². The van der Waals surface area contributed by atoms with Crippen LogP contribution in [0, 0.1) is 5.92 Å². The molecule has 1 aliphatic rings. The molecule has 1 aliphatic carbocycles. The number of hydrogen-bond donors (Lipinski definition) is 6. The minimum Gasteiger partial charge on any atom is -0.492 e. The zero-order chi connectivity index (χ0) is 31.6. The molecule has 43 heavy (non-hydrogen) atoms. The molecule has 0 unspecified atom stereocenters. The summed E-state index contributed by atoms with van der Waals surface area (Å²) in [6.45, 7) is 0.907. The average molecular weight is 622 g/mol. The summed E-state index contributed by atoms with van der Waals surface area (Å²) in [6.07, 6.45) is 5.56. The number of carbonyl (C=O) groups is 4. The minimum absolute atomic E-state index is 0.00730. The number of carboxylic acid groups (broad SMARTS) is 1. The van der Waals surface area contributed by atoms with Crippen LogP contribution < -0.4 is 30.4 Å². The van der Waals surface area contributed by atoms with Crippen molar-refractivity contribution in [2.45, 2.75) is 58.0 Å². The number of ether oxygens (including phenoxy) is 2. The first-order valence-electron chi connectivity index (χ1n) is 13.6. The van der Waals surface area contributed by atoms with E-state index in [0.29, 0.717) is 29.4 Å². The Kier molecular flexibility index (Phi) is 11.9. The molecule has 0 spiro atoms. The number of hydrogen-bond acceptors (Lipinski definition) is 8. The molecule has 1 atom stereocenters. The molecule has 1 saturated carbocycles. The topological polar surface area (TPSA) is 224 Å². The van der Waals surface area contributed by atoms with Crippen molar-refractivity contribution in [2.75, 3.05) is 13.2 Å². The lowest BCUT2D eigenvalue weighted by Gasteiger charge is -2.22. The summed E-state index contributed by atoms with van der Waals surface area (Å²) in [5.41, 5.74) is 6.64. The summed E-state index contributed by atoms with van der Waals surface area (Å²) in [7, 11) is -5.05. The van der Waals surface area contributed by atoms with E-state index in [2.05, 4.69) is 15.2 Å². The van der Waals surface area contributed by atoms with Crippen LogP contribution in [0.1, 0.15) is 60.5 Å². The lowest BCUT2D eigenvalue weighted by Crippen LogP contribution is -2.47. The van der Waals surface area contributed by atoms with Crippen molar-refractivity contribution in [1.29, 1.82) is 0 Å². The highest BCUT2D eigenvalue weighted by Crippen LogP contribution is 2.42. The van der Waals surface area contributed by atoms with Gasteiger partial charge in [-0.05, 0) is 54.2 Å². The number of amides is 3. The van der Waals surface area contributed by atoms with Gasteiger partial charge in [0.1, 0.15) is 11.8 Å². The van der Waals surface area contributed by atoms with E-state index in [1.807, 2.05) is 0 Å². The number of rotatable bonds is 15. The van der Waals surface area contributed by atoms with Crippen molar-refractivity contribution in [1.82, 2.24) is 10.6 Å². The van der Waals surface area contributed by atoms with Crippen LogP contribution in [0.3, 0.4) is 0 Å². The van der Waals surface area contributed by atoms with Crippen LogP contribution in [0.4, 0.5) is 0 Å². The van der Waals surface area contributed by atoms with Crippen LogP contribution >= 0.6 is 7.82 Å². The van der Waals surface area contributed by atoms with E-state index in [-0.39, 0.29) is 24.3 Å². The summed E-state index contributed by atoms with van der Waals surface area (Å²) in [5, 5.41) is 14.1. The summed E-state index contributed by atoms with van der Waals surface area (Å²) < 4.78 is 27.0. The third-order valence-electron chi connectivity index (χ3n) is 6.69. The van der Waals surface area contributed by atoms with Crippen LogP contribution in [0.5, 0.6) is 17.2 Å². The Bertz CT molecular complexity index is 1370. The second-order valence-electron chi connectivity index (χ2n) is 10.2. The van der Waals surface area contributed by atoms with Gasteiger partial charge >= 0.3 is 13.8 Å². The van der Waals surface area contributed by atoms with Gasteiger partial charge in [-0.1, -0.05) is 31.4 Å². The maximum atomic E-state index is 13.1. The van der Waals surface area contributed by atoms with E-state index in [9.17, 15) is 33.5 Å². The average Bonchev–Trinajstić information content (AvgIpc) is 2.93. The summed E-state index contributed by atoms with van der Waals surface area (Å²) in [4.78, 5) is 66.4. The first kappa shape index (κ1) is 33.4. The maximum absolute atomic E-state index is 13.1. The number of carboxylic acids is 1. The highest BCUT2D eigenvalue weighted by Gasteiger charge is 2.24. The lowest BCUT2D eigenvalue weighted by atomic mass is 9.90. The van der Waals surface area contributed by atoms with E-state index in [1.165, 1.54) is 37.6 Å². The predicted molar refractivity (Wildman–Crippen MR) is 152 cm³/mol. The quantitative estimate of drug-likeness (QED) is 0.158.